The number of amides is 2. The maximum Gasteiger partial charge on any atom is 0.434 e. The number of urea groups is 1. The van der Waals surface area contributed by atoms with Gasteiger partial charge < -0.3 is 14.8 Å². The summed E-state index contributed by atoms with van der Waals surface area (Å²) in [6.45, 7) is 1.26. The van der Waals surface area contributed by atoms with E-state index >= 15 is 0 Å². The van der Waals surface area contributed by atoms with Crippen molar-refractivity contribution in [2.24, 2.45) is 13.0 Å². The summed E-state index contributed by atoms with van der Waals surface area (Å²) < 4.78 is 41.6. The van der Waals surface area contributed by atoms with Gasteiger partial charge in [-0.1, -0.05) is 0 Å². The van der Waals surface area contributed by atoms with Gasteiger partial charge in [0.05, 0.1) is 12.2 Å². The Labute approximate surface area is 148 Å². The van der Waals surface area contributed by atoms with Crippen molar-refractivity contribution >= 4 is 6.03 Å². The summed E-state index contributed by atoms with van der Waals surface area (Å²) in [5.41, 5.74) is 0.0302. The molecule has 1 aliphatic heterocycles. The first-order valence-electron chi connectivity index (χ1n) is 8.33. The lowest BCUT2D eigenvalue weighted by molar-refractivity contribution is -0.141. The number of nitrogens with zero attached hydrogens (tertiary/aromatic N) is 5. The number of hydrogen-bond acceptors (Lipinski definition) is 3. The molecule has 1 aliphatic rings. The molecule has 3 heterocycles. The first-order valence-corrected chi connectivity index (χ1v) is 8.33. The smallest absolute Gasteiger partial charge is 0.334 e. The van der Waals surface area contributed by atoms with Crippen LogP contribution >= 0.6 is 0 Å². The summed E-state index contributed by atoms with van der Waals surface area (Å²) in [4.78, 5) is 17.5. The van der Waals surface area contributed by atoms with Gasteiger partial charge in [0.25, 0.3) is 0 Å². The van der Waals surface area contributed by atoms with E-state index in [1.165, 1.54) is 0 Å². The molecule has 10 heteroatoms. The van der Waals surface area contributed by atoms with Crippen LogP contribution in [0.4, 0.5) is 18.0 Å². The highest BCUT2D eigenvalue weighted by atomic mass is 19.4. The second kappa shape index (κ2) is 7.00. The van der Waals surface area contributed by atoms with Gasteiger partial charge >= 0.3 is 12.2 Å². The monoisotopic (exact) mass is 370 g/mol. The number of aromatic nitrogens is 4. The quantitative estimate of drug-likeness (QED) is 0.896. The Balaban J connectivity index is 1.53. The second-order valence-corrected chi connectivity index (χ2v) is 6.58. The molecular weight excluding hydrogens is 349 g/mol. The molecule has 3 rings (SSSR count). The van der Waals surface area contributed by atoms with Gasteiger partial charge in [0.1, 0.15) is 5.82 Å². The maximum absolute atomic E-state index is 12.8. The molecule has 1 unspecified atom stereocenters. The van der Waals surface area contributed by atoms with Crippen molar-refractivity contribution in [3.63, 3.8) is 0 Å². The van der Waals surface area contributed by atoms with E-state index in [1.54, 1.807) is 34.4 Å². The fourth-order valence-corrected chi connectivity index (χ4v) is 3.15. The summed E-state index contributed by atoms with van der Waals surface area (Å²) >= 11 is 0. The maximum atomic E-state index is 12.8. The number of carbonyl (C=O) groups excluding carboxylic acids is 1. The Morgan fingerprint density at radius 1 is 1.46 bits per heavy atom. The molecule has 0 aromatic carbocycles. The highest BCUT2D eigenvalue weighted by Crippen LogP contribution is 2.30. The molecule has 1 atom stereocenters. The van der Waals surface area contributed by atoms with Crippen molar-refractivity contribution in [1.29, 1.82) is 0 Å². The molecule has 0 saturated heterocycles. The first kappa shape index (κ1) is 18.3. The Morgan fingerprint density at radius 3 is 2.88 bits per heavy atom. The summed E-state index contributed by atoms with van der Waals surface area (Å²) in [6.07, 6.45) is -0.531. The van der Waals surface area contributed by atoms with Crippen LogP contribution in [0.15, 0.2) is 18.5 Å². The van der Waals surface area contributed by atoms with Crippen LogP contribution in [-0.4, -0.2) is 43.9 Å². The van der Waals surface area contributed by atoms with Crippen molar-refractivity contribution in [1.82, 2.24) is 29.5 Å². The molecule has 2 aromatic heterocycles. The molecule has 0 spiro atoms. The van der Waals surface area contributed by atoms with E-state index in [0.29, 0.717) is 38.3 Å². The molecule has 1 N–H and O–H groups in total. The van der Waals surface area contributed by atoms with Gasteiger partial charge in [0.2, 0.25) is 0 Å². The Bertz CT molecular complexity index is 781. The number of rotatable bonds is 4. The largest absolute Gasteiger partial charge is 0.434 e. The van der Waals surface area contributed by atoms with Crippen molar-refractivity contribution in [2.75, 3.05) is 13.6 Å². The first-order chi connectivity index (χ1) is 12.2. The van der Waals surface area contributed by atoms with E-state index < -0.39 is 11.9 Å². The van der Waals surface area contributed by atoms with Crippen LogP contribution in [0.3, 0.4) is 0 Å². The molecule has 0 aliphatic carbocycles. The van der Waals surface area contributed by atoms with E-state index in [-0.39, 0.29) is 11.9 Å². The topological polar surface area (TPSA) is 68.0 Å². The molecule has 0 radical (unpaired) electrons. The van der Waals surface area contributed by atoms with Gasteiger partial charge in [-0.25, -0.2) is 9.78 Å². The third-order valence-electron chi connectivity index (χ3n) is 4.60. The number of alkyl halides is 3. The number of halogens is 3. The predicted octanol–water partition coefficient (Wildman–Crippen LogP) is 2.04. The van der Waals surface area contributed by atoms with E-state index in [0.717, 1.165) is 11.9 Å². The number of fused-ring (bicyclic) bond motifs is 1. The number of hydrogen-bond donors (Lipinski definition) is 1. The average molecular weight is 370 g/mol. The predicted molar refractivity (Wildman–Crippen MR) is 87.1 cm³/mol. The lowest BCUT2D eigenvalue weighted by atomic mass is 9.99. The number of nitrogens with one attached hydrogen (secondary N) is 1. The van der Waals surface area contributed by atoms with E-state index in [4.69, 9.17) is 0 Å². The minimum Gasteiger partial charge on any atom is -0.334 e. The second-order valence-electron chi connectivity index (χ2n) is 6.58. The minimum atomic E-state index is -4.43. The highest BCUT2D eigenvalue weighted by Gasteiger charge is 2.36. The fourth-order valence-electron chi connectivity index (χ4n) is 3.15. The van der Waals surface area contributed by atoms with Crippen molar-refractivity contribution in [3.05, 3.63) is 35.7 Å². The van der Waals surface area contributed by atoms with Crippen molar-refractivity contribution < 1.29 is 18.0 Å². The molecule has 2 aromatic rings. The van der Waals surface area contributed by atoms with Crippen LogP contribution in [0.25, 0.3) is 0 Å². The zero-order chi connectivity index (χ0) is 18.9. The van der Waals surface area contributed by atoms with Gasteiger partial charge in [-0.05, 0) is 18.4 Å². The molecule has 142 valence electrons. The van der Waals surface area contributed by atoms with Crippen LogP contribution in [0.1, 0.15) is 23.6 Å². The van der Waals surface area contributed by atoms with Gasteiger partial charge in [-0.3, -0.25) is 4.68 Å². The number of imidazole rings is 1. The zero-order valence-corrected chi connectivity index (χ0v) is 14.6. The van der Waals surface area contributed by atoms with Gasteiger partial charge in [-0.15, -0.1) is 0 Å². The van der Waals surface area contributed by atoms with Gasteiger partial charge in [-0.2, -0.15) is 18.3 Å². The third-order valence-corrected chi connectivity index (χ3v) is 4.60. The molecule has 7 nitrogen and oxygen atoms in total. The number of aryl methyl sites for hydroxylation is 2. The van der Waals surface area contributed by atoms with E-state index in [9.17, 15) is 18.0 Å². The third kappa shape index (κ3) is 4.00. The van der Waals surface area contributed by atoms with E-state index in [1.807, 2.05) is 6.07 Å². The molecule has 0 saturated carbocycles. The average Bonchev–Trinajstić information content (AvgIpc) is 3.17. The SMILES string of the molecule is CN(CC1CCc2nc(C(F)(F)F)cn2C1)C(=O)NCc1ccnn1C. The zero-order valence-electron chi connectivity index (χ0n) is 14.6. The lowest BCUT2D eigenvalue weighted by Crippen LogP contribution is -2.41. The molecule has 2 amide bonds. The normalized spacial score (nSPS) is 17.0. The Kier molecular flexibility index (Phi) is 4.92. The lowest BCUT2D eigenvalue weighted by Gasteiger charge is -2.28. The summed E-state index contributed by atoms with van der Waals surface area (Å²) in [5.74, 6) is 0.544. The van der Waals surface area contributed by atoms with Crippen LogP contribution in [0.5, 0.6) is 0 Å². The standard InChI is InChI=1S/C16H21F3N6O/c1-23(15(26)20-7-12-5-6-21-24(12)2)8-11-3-4-14-22-13(16(17,18)19)10-25(14)9-11/h5-6,10-11H,3-4,7-9H2,1-2H3,(H,20,26). The van der Waals surface area contributed by atoms with Crippen LogP contribution in [0.2, 0.25) is 0 Å². The van der Waals surface area contributed by atoms with Crippen LogP contribution < -0.4 is 5.32 Å². The molecular formula is C16H21F3N6O. The summed E-state index contributed by atoms with van der Waals surface area (Å²) in [6, 6.07) is 1.60. The Morgan fingerprint density at radius 2 is 2.23 bits per heavy atom. The summed E-state index contributed by atoms with van der Waals surface area (Å²) in [5, 5.41) is 6.85. The summed E-state index contributed by atoms with van der Waals surface area (Å²) in [7, 11) is 3.48. The fraction of sp³-hybridized carbons (Fsp3) is 0.562. The molecule has 26 heavy (non-hydrogen) atoms. The van der Waals surface area contributed by atoms with Crippen molar-refractivity contribution in [2.45, 2.75) is 32.1 Å². The minimum absolute atomic E-state index is 0.0882. The van der Waals surface area contributed by atoms with Crippen LogP contribution in [-0.2, 0) is 32.7 Å². The van der Waals surface area contributed by atoms with E-state index in [2.05, 4.69) is 15.4 Å². The van der Waals surface area contributed by atoms with Crippen molar-refractivity contribution in [3.8, 4) is 0 Å². The van der Waals surface area contributed by atoms with Gasteiger partial charge in [0, 0.05) is 46.0 Å². The molecule has 0 fully saturated rings. The highest BCUT2D eigenvalue weighted by molar-refractivity contribution is 5.73. The molecule has 0 bridgehead atoms. The van der Waals surface area contributed by atoms with Crippen LogP contribution in [0, 0.1) is 5.92 Å². The number of carbonyl (C=O) groups is 1. The Hall–Kier alpha value is -2.52. The van der Waals surface area contributed by atoms with Gasteiger partial charge in [0.15, 0.2) is 5.69 Å².